The second-order valence-electron chi connectivity index (χ2n) is 4.99. The van der Waals surface area contributed by atoms with Gasteiger partial charge in [0, 0.05) is 26.1 Å². The predicted molar refractivity (Wildman–Crippen MR) is 68.8 cm³/mol. The number of amides is 1. The summed E-state index contributed by atoms with van der Waals surface area (Å²) in [4.78, 5) is 16.2. The molecule has 0 aromatic rings. The highest BCUT2D eigenvalue weighted by Gasteiger charge is 2.28. The van der Waals surface area contributed by atoms with Crippen LogP contribution in [-0.4, -0.2) is 54.2 Å². The molecule has 3 nitrogen and oxygen atoms in total. The van der Waals surface area contributed by atoms with Crippen LogP contribution in [0.3, 0.4) is 0 Å². The van der Waals surface area contributed by atoms with Crippen LogP contribution in [0.1, 0.15) is 25.7 Å². The predicted octanol–water partition coefficient (Wildman–Crippen LogP) is 1.25. The van der Waals surface area contributed by atoms with Gasteiger partial charge in [0.05, 0.1) is 0 Å². The molecule has 0 aromatic heterocycles. The Morgan fingerprint density at radius 3 is 2.56 bits per heavy atom. The maximum absolute atomic E-state index is 11.7. The Labute approximate surface area is 104 Å². The molecule has 2 aliphatic heterocycles. The lowest BCUT2D eigenvalue weighted by atomic mass is 10.1. The van der Waals surface area contributed by atoms with E-state index in [-0.39, 0.29) is 0 Å². The molecule has 0 N–H and O–H groups in total. The molecule has 1 unspecified atom stereocenters. The Kier molecular flexibility index (Phi) is 4.53. The van der Waals surface area contributed by atoms with Gasteiger partial charge in [-0.1, -0.05) is 6.42 Å². The molecule has 2 saturated heterocycles. The molecule has 16 heavy (non-hydrogen) atoms. The maximum Gasteiger partial charge on any atom is 0.222 e. The van der Waals surface area contributed by atoms with E-state index in [1.807, 2.05) is 4.90 Å². The van der Waals surface area contributed by atoms with Crippen molar-refractivity contribution < 1.29 is 4.79 Å². The largest absolute Gasteiger partial charge is 0.341 e. The number of piperidine rings is 1. The van der Waals surface area contributed by atoms with Gasteiger partial charge in [-0.05, 0) is 37.6 Å². The molecule has 0 saturated carbocycles. The van der Waals surface area contributed by atoms with Gasteiger partial charge in [-0.15, -0.1) is 0 Å². The highest BCUT2D eigenvalue weighted by Crippen LogP contribution is 2.18. The van der Waals surface area contributed by atoms with E-state index in [4.69, 9.17) is 0 Å². The molecule has 1 atom stereocenters. The number of thiol groups is 1. The number of carbonyl (C=O) groups is 1. The van der Waals surface area contributed by atoms with Crippen LogP contribution in [0.4, 0.5) is 0 Å². The average Bonchev–Trinajstić information content (AvgIpc) is 2.69. The van der Waals surface area contributed by atoms with Crippen LogP contribution in [0.5, 0.6) is 0 Å². The van der Waals surface area contributed by atoms with E-state index in [2.05, 4.69) is 17.5 Å². The Morgan fingerprint density at radius 2 is 1.94 bits per heavy atom. The summed E-state index contributed by atoms with van der Waals surface area (Å²) in [5, 5.41) is 0. The minimum absolute atomic E-state index is 0.330. The molecule has 2 fully saturated rings. The first-order chi connectivity index (χ1) is 7.79. The van der Waals surface area contributed by atoms with E-state index >= 15 is 0 Å². The molecule has 2 heterocycles. The summed E-state index contributed by atoms with van der Waals surface area (Å²) >= 11 is 4.28. The number of hydrogen-bond donors (Lipinski definition) is 1. The summed E-state index contributed by atoms with van der Waals surface area (Å²) in [6.07, 6.45) is 4.74. The Morgan fingerprint density at radius 1 is 1.19 bits per heavy atom. The summed E-state index contributed by atoms with van der Waals surface area (Å²) in [6, 6.07) is 0. The lowest BCUT2D eigenvalue weighted by Crippen LogP contribution is -2.38. The minimum Gasteiger partial charge on any atom is -0.341 e. The molecule has 0 spiro atoms. The van der Waals surface area contributed by atoms with Gasteiger partial charge in [0.2, 0.25) is 5.91 Å². The molecule has 0 aromatic carbocycles. The quantitative estimate of drug-likeness (QED) is 0.750. The second kappa shape index (κ2) is 5.92. The van der Waals surface area contributed by atoms with Gasteiger partial charge in [-0.3, -0.25) is 4.79 Å². The molecule has 92 valence electrons. The summed E-state index contributed by atoms with van der Waals surface area (Å²) in [5.41, 5.74) is 0. The van der Waals surface area contributed by atoms with Gasteiger partial charge < -0.3 is 9.80 Å². The molecule has 1 amide bonds. The SMILES string of the molecule is O=C1CC(CS)CN1CCN1CCCCC1. The summed E-state index contributed by atoms with van der Waals surface area (Å²) in [7, 11) is 0. The lowest BCUT2D eigenvalue weighted by Gasteiger charge is -2.28. The van der Waals surface area contributed by atoms with Crippen LogP contribution in [0, 0.1) is 5.92 Å². The molecule has 0 radical (unpaired) electrons. The molecule has 0 aliphatic carbocycles. The van der Waals surface area contributed by atoms with Crippen molar-refractivity contribution in [1.29, 1.82) is 0 Å². The topological polar surface area (TPSA) is 23.6 Å². The minimum atomic E-state index is 0.330. The Hall–Kier alpha value is -0.220. The van der Waals surface area contributed by atoms with Crippen LogP contribution in [0.2, 0.25) is 0 Å². The van der Waals surface area contributed by atoms with E-state index in [1.54, 1.807) is 0 Å². The third-order valence-corrected chi connectivity index (χ3v) is 4.20. The van der Waals surface area contributed by atoms with Crippen LogP contribution in [0.25, 0.3) is 0 Å². The first-order valence-electron chi connectivity index (χ1n) is 6.40. The van der Waals surface area contributed by atoms with Crippen LogP contribution >= 0.6 is 12.6 Å². The van der Waals surface area contributed by atoms with Crippen LogP contribution in [-0.2, 0) is 4.79 Å². The van der Waals surface area contributed by atoms with Crippen molar-refractivity contribution in [3.63, 3.8) is 0 Å². The van der Waals surface area contributed by atoms with E-state index in [0.717, 1.165) is 25.4 Å². The fourth-order valence-electron chi connectivity index (χ4n) is 2.64. The normalized spacial score (nSPS) is 27.7. The van der Waals surface area contributed by atoms with Gasteiger partial charge in [0.15, 0.2) is 0 Å². The van der Waals surface area contributed by atoms with Crippen molar-refractivity contribution in [3.8, 4) is 0 Å². The lowest BCUT2D eigenvalue weighted by molar-refractivity contribution is -0.127. The molecule has 4 heteroatoms. The van der Waals surface area contributed by atoms with Crippen molar-refractivity contribution in [2.24, 2.45) is 5.92 Å². The highest BCUT2D eigenvalue weighted by molar-refractivity contribution is 7.80. The van der Waals surface area contributed by atoms with Crippen molar-refractivity contribution in [2.75, 3.05) is 38.5 Å². The standard InChI is InChI=1S/C12H22N2OS/c15-12-8-11(10-16)9-14(12)7-6-13-4-2-1-3-5-13/h11,16H,1-10H2. The smallest absolute Gasteiger partial charge is 0.222 e. The fourth-order valence-corrected chi connectivity index (χ4v) is 2.88. The Bertz CT molecular complexity index is 241. The monoisotopic (exact) mass is 242 g/mol. The van der Waals surface area contributed by atoms with Crippen LogP contribution in [0.15, 0.2) is 0 Å². The third-order valence-electron chi connectivity index (χ3n) is 3.69. The van der Waals surface area contributed by atoms with Gasteiger partial charge in [-0.25, -0.2) is 0 Å². The zero-order valence-electron chi connectivity index (χ0n) is 9.90. The van der Waals surface area contributed by atoms with Gasteiger partial charge in [0.25, 0.3) is 0 Å². The molecular formula is C12H22N2OS. The van der Waals surface area contributed by atoms with Crippen molar-refractivity contribution in [1.82, 2.24) is 9.80 Å². The third kappa shape index (κ3) is 3.14. The Balaban J connectivity index is 1.71. The van der Waals surface area contributed by atoms with Crippen LogP contribution < -0.4 is 0 Å². The van der Waals surface area contributed by atoms with Crippen molar-refractivity contribution in [2.45, 2.75) is 25.7 Å². The zero-order chi connectivity index (χ0) is 11.4. The van der Waals surface area contributed by atoms with E-state index in [1.165, 1.54) is 32.4 Å². The number of likely N-dealkylation sites (tertiary alicyclic amines) is 2. The van der Waals surface area contributed by atoms with Gasteiger partial charge in [-0.2, -0.15) is 12.6 Å². The first-order valence-corrected chi connectivity index (χ1v) is 7.04. The fraction of sp³-hybridized carbons (Fsp3) is 0.917. The van der Waals surface area contributed by atoms with Crippen molar-refractivity contribution >= 4 is 18.5 Å². The van der Waals surface area contributed by atoms with Gasteiger partial charge >= 0.3 is 0 Å². The number of hydrogen-bond acceptors (Lipinski definition) is 3. The van der Waals surface area contributed by atoms with Crippen molar-refractivity contribution in [3.05, 3.63) is 0 Å². The maximum atomic E-state index is 11.7. The summed E-state index contributed by atoms with van der Waals surface area (Å²) < 4.78 is 0. The highest BCUT2D eigenvalue weighted by atomic mass is 32.1. The number of rotatable bonds is 4. The van der Waals surface area contributed by atoms with E-state index < -0.39 is 0 Å². The zero-order valence-corrected chi connectivity index (χ0v) is 10.8. The molecule has 2 rings (SSSR count). The van der Waals surface area contributed by atoms with Gasteiger partial charge in [0.1, 0.15) is 0 Å². The molecule has 2 aliphatic rings. The summed E-state index contributed by atoms with van der Waals surface area (Å²) in [6.45, 7) is 5.35. The number of nitrogens with zero attached hydrogens (tertiary/aromatic N) is 2. The molecular weight excluding hydrogens is 220 g/mol. The van der Waals surface area contributed by atoms with E-state index in [9.17, 15) is 4.79 Å². The van der Waals surface area contributed by atoms with E-state index in [0.29, 0.717) is 18.2 Å². The first kappa shape index (κ1) is 12.2. The number of carbonyl (C=O) groups excluding carboxylic acids is 1. The molecule has 0 bridgehead atoms. The average molecular weight is 242 g/mol. The second-order valence-corrected chi connectivity index (χ2v) is 5.36. The summed E-state index contributed by atoms with van der Waals surface area (Å²) in [5.74, 6) is 1.65.